The van der Waals surface area contributed by atoms with Crippen molar-refractivity contribution in [3.8, 4) is 11.4 Å². The highest BCUT2D eigenvalue weighted by atomic mass is 19.4. The first-order chi connectivity index (χ1) is 13.9. The van der Waals surface area contributed by atoms with E-state index in [0.717, 1.165) is 48.3 Å². The van der Waals surface area contributed by atoms with E-state index in [9.17, 15) is 18.0 Å². The van der Waals surface area contributed by atoms with Crippen molar-refractivity contribution in [2.75, 3.05) is 11.9 Å². The molecule has 0 unspecified atom stereocenters. The van der Waals surface area contributed by atoms with E-state index in [4.69, 9.17) is 4.74 Å². The maximum Gasteiger partial charge on any atom is 0.416 e. The number of aromatic nitrogens is 2. The number of rotatable bonds is 5. The Labute approximate surface area is 165 Å². The molecule has 1 aliphatic carbocycles. The predicted molar refractivity (Wildman–Crippen MR) is 101 cm³/mol. The lowest BCUT2D eigenvalue weighted by Gasteiger charge is -2.12. The fourth-order valence-corrected chi connectivity index (χ4v) is 3.33. The highest BCUT2D eigenvalue weighted by Gasteiger charge is 2.30. The van der Waals surface area contributed by atoms with Gasteiger partial charge in [0.1, 0.15) is 11.6 Å². The summed E-state index contributed by atoms with van der Waals surface area (Å²) in [6.07, 6.45) is -1.73. The van der Waals surface area contributed by atoms with Crippen LogP contribution in [0.1, 0.15) is 23.2 Å². The summed E-state index contributed by atoms with van der Waals surface area (Å²) in [6.45, 7) is -0.319. The van der Waals surface area contributed by atoms with Crippen molar-refractivity contribution in [2.24, 2.45) is 0 Å². The lowest BCUT2D eigenvalue weighted by atomic mass is 10.2. The van der Waals surface area contributed by atoms with Gasteiger partial charge in [-0.25, -0.2) is 4.68 Å². The number of hydrogen-bond acceptors (Lipinski definition) is 3. The Bertz CT molecular complexity index is 1010. The number of benzene rings is 2. The van der Waals surface area contributed by atoms with E-state index in [0.29, 0.717) is 5.82 Å². The number of nitrogens with zero attached hydrogens (tertiary/aromatic N) is 2. The summed E-state index contributed by atoms with van der Waals surface area (Å²) in [5.74, 6) is 0.399. The highest BCUT2D eigenvalue weighted by Crippen LogP contribution is 2.31. The normalized spacial score (nSPS) is 13.2. The van der Waals surface area contributed by atoms with Crippen LogP contribution in [0.25, 0.3) is 5.69 Å². The molecule has 4 rings (SSSR count). The van der Waals surface area contributed by atoms with Gasteiger partial charge in [-0.05, 0) is 55.7 Å². The maximum atomic E-state index is 12.6. The second-order valence-electron chi connectivity index (χ2n) is 6.73. The van der Waals surface area contributed by atoms with Gasteiger partial charge < -0.3 is 10.1 Å². The Morgan fingerprint density at radius 3 is 2.48 bits per heavy atom. The molecule has 1 aliphatic rings. The van der Waals surface area contributed by atoms with Crippen LogP contribution in [-0.4, -0.2) is 22.3 Å². The van der Waals surface area contributed by atoms with E-state index < -0.39 is 17.6 Å². The molecule has 0 aliphatic heterocycles. The van der Waals surface area contributed by atoms with Crippen LogP contribution in [0, 0.1) is 0 Å². The molecule has 0 bridgehead atoms. The summed E-state index contributed by atoms with van der Waals surface area (Å²) < 4.78 is 44.9. The summed E-state index contributed by atoms with van der Waals surface area (Å²) in [7, 11) is 0. The number of hydrogen-bond donors (Lipinski definition) is 1. The van der Waals surface area contributed by atoms with Gasteiger partial charge in [0.05, 0.1) is 16.9 Å². The highest BCUT2D eigenvalue weighted by molar-refractivity contribution is 5.92. The van der Waals surface area contributed by atoms with Gasteiger partial charge in [-0.1, -0.05) is 18.2 Å². The minimum absolute atomic E-state index is 0.190. The number of para-hydroxylation sites is 1. The molecule has 29 heavy (non-hydrogen) atoms. The minimum Gasteiger partial charge on any atom is -0.484 e. The number of nitrogens with one attached hydrogen (secondary N) is 1. The molecular weight excluding hydrogens is 383 g/mol. The van der Waals surface area contributed by atoms with Gasteiger partial charge in [0, 0.05) is 5.56 Å². The molecule has 1 heterocycles. The third-order valence-electron chi connectivity index (χ3n) is 4.72. The minimum atomic E-state index is -4.41. The average molecular weight is 401 g/mol. The van der Waals surface area contributed by atoms with E-state index in [-0.39, 0.29) is 12.4 Å². The van der Waals surface area contributed by atoms with Crippen LogP contribution < -0.4 is 10.1 Å². The molecule has 1 amide bonds. The van der Waals surface area contributed by atoms with Crippen molar-refractivity contribution < 1.29 is 22.7 Å². The molecule has 150 valence electrons. The van der Waals surface area contributed by atoms with Crippen LogP contribution in [0.15, 0.2) is 54.6 Å². The van der Waals surface area contributed by atoms with Crippen molar-refractivity contribution in [3.05, 3.63) is 71.4 Å². The van der Waals surface area contributed by atoms with E-state index in [1.807, 2.05) is 30.3 Å². The van der Waals surface area contributed by atoms with Gasteiger partial charge in [0.15, 0.2) is 6.61 Å². The zero-order valence-corrected chi connectivity index (χ0v) is 15.4. The predicted octanol–water partition coefficient (Wildman–Crippen LogP) is 4.40. The summed E-state index contributed by atoms with van der Waals surface area (Å²) >= 11 is 0. The SMILES string of the molecule is O=C(COc1ccc(C(F)(F)F)cc1)Nc1c2c(nn1-c1ccccc1)CCC2. The van der Waals surface area contributed by atoms with Crippen molar-refractivity contribution >= 4 is 11.7 Å². The Morgan fingerprint density at radius 1 is 1.07 bits per heavy atom. The quantitative estimate of drug-likeness (QED) is 0.690. The molecule has 0 saturated carbocycles. The lowest BCUT2D eigenvalue weighted by molar-refractivity contribution is -0.137. The molecule has 8 heteroatoms. The van der Waals surface area contributed by atoms with Crippen molar-refractivity contribution in [2.45, 2.75) is 25.4 Å². The number of anilines is 1. The Hall–Kier alpha value is -3.29. The molecule has 0 saturated heterocycles. The first-order valence-corrected chi connectivity index (χ1v) is 9.18. The molecule has 0 fully saturated rings. The molecule has 0 spiro atoms. The second-order valence-corrected chi connectivity index (χ2v) is 6.73. The molecule has 1 N–H and O–H groups in total. The number of alkyl halides is 3. The topological polar surface area (TPSA) is 56.1 Å². The van der Waals surface area contributed by atoms with Crippen LogP contribution in [0.5, 0.6) is 5.75 Å². The van der Waals surface area contributed by atoms with Gasteiger partial charge in [0.2, 0.25) is 0 Å². The van der Waals surface area contributed by atoms with Crippen LogP contribution in [0.4, 0.5) is 19.0 Å². The third kappa shape index (κ3) is 4.11. The first kappa shape index (κ1) is 19.0. The van der Waals surface area contributed by atoms with Gasteiger partial charge in [0.25, 0.3) is 5.91 Å². The molecule has 2 aromatic carbocycles. The van der Waals surface area contributed by atoms with E-state index in [2.05, 4.69) is 10.4 Å². The summed E-state index contributed by atoms with van der Waals surface area (Å²) in [5.41, 5.74) is 2.04. The number of fused-ring (bicyclic) bond motifs is 1. The van der Waals surface area contributed by atoms with Crippen molar-refractivity contribution in [3.63, 3.8) is 0 Å². The molecule has 5 nitrogen and oxygen atoms in total. The zero-order chi connectivity index (χ0) is 20.4. The van der Waals surface area contributed by atoms with Gasteiger partial charge in [-0.3, -0.25) is 4.79 Å². The van der Waals surface area contributed by atoms with Gasteiger partial charge in [-0.15, -0.1) is 0 Å². The summed E-state index contributed by atoms with van der Waals surface area (Å²) in [6, 6.07) is 13.7. The zero-order valence-electron chi connectivity index (χ0n) is 15.4. The number of ether oxygens (including phenoxy) is 1. The van der Waals surface area contributed by atoms with E-state index in [1.165, 1.54) is 12.1 Å². The Balaban J connectivity index is 1.46. The first-order valence-electron chi connectivity index (χ1n) is 9.18. The fraction of sp³-hybridized carbons (Fsp3) is 0.238. The van der Waals surface area contributed by atoms with Crippen LogP contribution >= 0.6 is 0 Å². The van der Waals surface area contributed by atoms with Crippen LogP contribution in [-0.2, 0) is 23.8 Å². The monoisotopic (exact) mass is 401 g/mol. The molecule has 3 aromatic rings. The molecular formula is C21H18F3N3O2. The van der Waals surface area contributed by atoms with Crippen molar-refractivity contribution in [1.82, 2.24) is 9.78 Å². The summed E-state index contributed by atoms with van der Waals surface area (Å²) in [4.78, 5) is 12.4. The van der Waals surface area contributed by atoms with Gasteiger partial charge in [-0.2, -0.15) is 18.3 Å². The van der Waals surface area contributed by atoms with Crippen molar-refractivity contribution in [1.29, 1.82) is 0 Å². The third-order valence-corrected chi connectivity index (χ3v) is 4.72. The largest absolute Gasteiger partial charge is 0.484 e. The Morgan fingerprint density at radius 2 is 1.79 bits per heavy atom. The number of carbonyl (C=O) groups is 1. The van der Waals surface area contributed by atoms with Crippen LogP contribution in [0.2, 0.25) is 0 Å². The number of halogens is 3. The molecule has 0 atom stereocenters. The summed E-state index contributed by atoms with van der Waals surface area (Å²) in [5, 5.41) is 7.47. The van der Waals surface area contributed by atoms with Crippen LogP contribution in [0.3, 0.4) is 0 Å². The van der Waals surface area contributed by atoms with Gasteiger partial charge >= 0.3 is 6.18 Å². The molecule has 0 radical (unpaired) electrons. The number of amides is 1. The number of carbonyl (C=O) groups excluding carboxylic acids is 1. The Kier molecular flexibility index (Phi) is 5.00. The lowest BCUT2D eigenvalue weighted by Crippen LogP contribution is -2.22. The fourth-order valence-electron chi connectivity index (χ4n) is 3.33. The standard InChI is InChI=1S/C21H18F3N3O2/c22-21(23,24)14-9-11-16(12-10-14)29-13-19(28)25-20-17-7-4-8-18(17)26-27(20)15-5-2-1-3-6-15/h1-3,5-6,9-12H,4,7-8,13H2,(H,25,28). The molecule has 1 aromatic heterocycles. The van der Waals surface area contributed by atoms with E-state index in [1.54, 1.807) is 4.68 Å². The van der Waals surface area contributed by atoms with E-state index >= 15 is 0 Å². The maximum absolute atomic E-state index is 12.6. The smallest absolute Gasteiger partial charge is 0.416 e. The number of aryl methyl sites for hydroxylation is 1. The average Bonchev–Trinajstić information content (AvgIpc) is 3.29. The second kappa shape index (κ2) is 7.62.